The van der Waals surface area contributed by atoms with Crippen molar-refractivity contribution in [2.45, 2.75) is 18.4 Å². The molecule has 11 heavy (non-hydrogen) atoms. The van der Waals surface area contributed by atoms with Gasteiger partial charge in [0.15, 0.2) is 0 Å². The normalized spacial score (nSPS) is 28.9. The van der Waals surface area contributed by atoms with E-state index in [9.17, 15) is 0 Å². The lowest BCUT2D eigenvalue weighted by molar-refractivity contribution is 0.176. The number of rotatable bonds is 1. The second kappa shape index (κ2) is 2.09. The lowest BCUT2D eigenvalue weighted by Gasteiger charge is -2.18. The van der Waals surface area contributed by atoms with Crippen molar-refractivity contribution in [1.82, 2.24) is 0 Å². The van der Waals surface area contributed by atoms with Gasteiger partial charge in [0.1, 0.15) is 5.76 Å². The van der Waals surface area contributed by atoms with Crippen LogP contribution in [-0.4, -0.2) is 11.7 Å². The first-order valence-electron chi connectivity index (χ1n) is 3.73. The zero-order chi connectivity index (χ0) is 7.90. The molecule has 0 radical (unpaired) electrons. The molecule has 3 nitrogen and oxygen atoms in total. The van der Waals surface area contributed by atoms with Crippen LogP contribution in [0.4, 0.5) is 0 Å². The minimum atomic E-state index is -0.612. The molecule has 0 bridgehead atoms. The number of hydrogen-bond donors (Lipinski definition) is 2. The van der Waals surface area contributed by atoms with Crippen LogP contribution in [0.5, 0.6) is 0 Å². The van der Waals surface area contributed by atoms with Crippen molar-refractivity contribution in [3.05, 3.63) is 23.7 Å². The van der Waals surface area contributed by atoms with Crippen molar-refractivity contribution in [1.29, 1.82) is 0 Å². The molecule has 0 aromatic carbocycles. The van der Waals surface area contributed by atoms with E-state index in [1.807, 2.05) is 6.07 Å². The highest BCUT2D eigenvalue weighted by Crippen LogP contribution is 2.34. The van der Waals surface area contributed by atoms with Gasteiger partial charge in [0.05, 0.1) is 18.4 Å². The van der Waals surface area contributed by atoms with Gasteiger partial charge in [-0.1, -0.05) is 0 Å². The van der Waals surface area contributed by atoms with Crippen LogP contribution in [0.15, 0.2) is 16.7 Å². The third-order valence-electron chi connectivity index (χ3n) is 2.32. The molecular weight excluding hydrogens is 142 g/mol. The van der Waals surface area contributed by atoms with Crippen molar-refractivity contribution in [2.24, 2.45) is 5.73 Å². The highest BCUT2D eigenvalue weighted by molar-refractivity contribution is 5.30. The molecule has 1 heterocycles. The molecular formula is C8H11NO2. The molecule has 1 aliphatic rings. The summed E-state index contributed by atoms with van der Waals surface area (Å²) in [5.74, 6) is 0.764. The largest absolute Gasteiger partial charge is 0.467 e. The number of hydrogen-bond acceptors (Lipinski definition) is 3. The molecule has 0 aliphatic heterocycles. The minimum absolute atomic E-state index is 0.0342. The minimum Gasteiger partial charge on any atom is -0.467 e. The Morgan fingerprint density at radius 2 is 2.55 bits per heavy atom. The second-order valence-corrected chi connectivity index (χ2v) is 3.09. The molecule has 0 fully saturated rings. The van der Waals surface area contributed by atoms with Gasteiger partial charge >= 0.3 is 0 Å². The van der Waals surface area contributed by atoms with Crippen LogP contribution in [0.3, 0.4) is 0 Å². The van der Waals surface area contributed by atoms with Gasteiger partial charge in [0.2, 0.25) is 0 Å². The number of furan rings is 1. The molecule has 1 aromatic rings. The zero-order valence-corrected chi connectivity index (χ0v) is 6.21. The standard InChI is InChI=1S/C8H11NO2/c9-8(5-10)3-1-6-2-4-11-7(6)8/h2,4,10H,1,3,5,9H2. The lowest BCUT2D eigenvalue weighted by Crippen LogP contribution is -2.37. The third-order valence-corrected chi connectivity index (χ3v) is 2.32. The Kier molecular flexibility index (Phi) is 1.31. The monoisotopic (exact) mass is 153 g/mol. The van der Waals surface area contributed by atoms with E-state index in [0.29, 0.717) is 0 Å². The molecule has 1 aliphatic carbocycles. The summed E-state index contributed by atoms with van der Waals surface area (Å²) in [6.45, 7) is -0.0342. The van der Waals surface area contributed by atoms with Crippen LogP contribution in [0.25, 0.3) is 0 Å². The van der Waals surface area contributed by atoms with E-state index in [4.69, 9.17) is 15.3 Å². The molecule has 3 heteroatoms. The summed E-state index contributed by atoms with van der Waals surface area (Å²) in [4.78, 5) is 0. The zero-order valence-electron chi connectivity index (χ0n) is 6.21. The van der Waals surface area contributed by atoms with Crippen LogP contribution in [0, 0.1) is 0 Å². The second-order valence-electron chi connectivity index (χ2n) is 3.09. The summed E-state index contributed by atoms with van der Waals surface area (Å²) >= 11 is 0. The number of nitrogens with two attached hydrogens (primary N) is 1. The van der Waals surface area contributed by atoms with E-state index in [2.05, 4.69) is 0 Å². The molecule has 0 spiro atoms. The molecule has 2 rings (SSSR count). The fraction of sp³-hybridized carbons (Fsp3) is 0.500. The summed E-state index contributed by atoms with van der Waals surface area (Å²) in [7, 11) is 0. The predicted molar refractivity (Wildman–Crippen MR) is 40.0 cm³/mol. The maximum Gasteiger partial charge on any atom is 0.129 e. The Hall–Kier alpha value is -0.800. The Morgan fingerprint density at radius 1 is 1.73 bits per heavy atom. The molecule has 3 N–H and O–H groups in total. The van der Waals surface area contributed by atoms with E-state index in [1.54, 1.807) is 6.26 Å². The highest BCUT2D eigenvalue weighted by atomic mass is 16.3. The van der Waals surface area contributed by atoms with Gasteiger partial charge in [0, 0.05) is 0 Å². The summed E-state index contributed by atoms with van der Waals surface area (Å²) < 4.78 is 5.20. The average molecular weight is 153 g/mol. The molecule has 1 unspecified atom stereocenters. The Bertz CT molecular complexity index is 269. The van der Waals surface area contributed by atoms with Crippen molar-refractivity contribution in [2.75, 3.05) is 6.61 Å². The van der Waals surface area contributed by atoms with Crippen LogP contribution in [-0.2, 0) is 12.0 Å². The number of fused-ring (bicyclic) bond motifs is 1. The van der Waals surface area contributed by atoms with E-state index in [1.165, 1.54) is 0 Å². The third kappa shape index (κ3) is 0.814. The molecule has 0 saturated heterocycles. The van der Waals surface area contributed by atoms with Crippen LogP contribution in [0.2, 0.25) is 0 Å². The Labute approximate surface area is 64.8 Å². The number of aliphatic hydroxyl groups excluding tert-OH is 1. The van der Waals surface area contributed by atoms with Crippen LogP contribution >= 0.6 is 0 Å². The lowest BCUT2D eigenvalue weighted by atomic mass is 10.0. The fourth-order valence-corrected chi connectivity index (χ4v) is 1.59. The van der Waals surface area contributed by atoms with E-state index in [0.717, 1.165) is 24.2 Å². The van der Waals surface area contributed by atoms with Gasteiger partial charge in [-0.2, -0.15) is 0 Å². The highest BCUT2D eigenvalue weighted by Gasteiger charge is 2.37. The average Bonchev–Trinajstić information content (AvgIpc) is 2.55. The maximum absolute atomic E-state index is 9.01. The Balaban J connectivity index is 2.45. The van der Waals surface area contributed by atoms with Gasteiger partial charge < -0.3 is 15.3 Å². The molecule has 0 saturated carbocycles. The summed E-state index contributed by atoms with van der Waals surface area (Å²) in [5.41, 5.74) is 6.40. The fourth-order valence-electron chi connectivity index (χ4n) is 1.59. The first-order chi connectivity index (χ1) is 5.26. The van der Waals surface area contributed by atoms with Gasteiger partial charge in [0.25, 0.3) is 0 Å². The molecule has 1 aromatic heterocycles. The van der Waals surface area contributed by atoms with E-state index in [-0.39, 0.29) is 6.61 Å². The van der Waals surface area contributed by atoms with Crippen LogP contribution in [0.1, 0.15) is 17.7 Å². The van der Waals surface area contributed by atoms with Gasteiger partial charge in [-0.25, -0.2) is 0 Å². The number of aryl methyl sites for hydroxylation is 1. The van der Waals surface area contributed by atoms with Crippen molar-refractivity contribution >= 4 is 0 Å². The quantitative estimate of drug-likeness (QED) is 0.613. The van der Waals surface area contributed by atoms with Gasteiger partial charge in [-0.05, 0) is 24.5 Å². The smallest absolute Gasteiger partial charge is 0.129 e. The maximum atomic E-state index is 9.01. The summed E-state index contributed by atoms with van der Waals surface area (Å²) in [5, 5.41) is 9.01. The SMILES string of the molecule is NC1(CO)CCc2ccoc21. The van der Waals surface area contributed by atoms with E-state index < -0.39 is 5.54 Å². The predicted octanol–water partition coefficient (Wildman–Crippen LogP) is 0.372. The molecule has 1 atom stereocenters. The van der Waals surface area contributed by atoms with Gasteiger partial charge in [-0.15, -0.1) is 0 Å². The Morgan fingerprint density at radius 3 is 3.27 bits per heavy atom. The summed E-state index contributed by atoms with van der Waals surface area (Å²) in [6.07, 6.45) is 3.34. The van der Waals surface area contributed by atoms with Crippen molar-refractivity contribution < 1.29 is 9.52 Å². The molecule has 60 valence electrons. The van der Waals surface area contributed by atoms with Crippen molar-refractivity contribution in [3.63, 3.8) is 0 Å². The van der Waals surface area contributed by atoms with Gasteiger partial charge in [-0.3, -0.25) is 0 Å². The first-order valence-corrected chi connectivity index (χ1v) is 3.73. The summed E-state index contributed by atoms with van der Waals surface area (Å²) in [6, 6.07) is 1.92. The topological polar surface area (TPSA) is 59.4 Å². The van der Waals surface area contributed by atoms with Crippen molar-refractivity contribution in [3.8, 4) is 0 Å². The van der Waals surface area contributed by atoms with E-state index >= 15 is 0 Å². The first kappa shape index (κ1) is 6.88. The molecule has 0 amide bonds. The number of aliphatic hydroxyl groups is 1. The van der Waals surface area contributed by atoms with Crippen LogP contribution < -0.4 is 5.73 Å².